The van der Waals surface area contributed by atoms with Crippen molar-refractivity contribution >= 4 is 16.1 Å². The first-order valence-electron chi connectivity index (χ1n) is 7.42. The van der Waals surface area contributed by atoms with Gasteiger partial charge in [0, 0.05) is 39.6 Å². The Kier molecular flexibility index (Phi) is 5.61. The van der Waals surface area contributed by atoms with Crippen LogP contribution in [0.5, 0.6) is 5.75 Å². The van der Waals surface area contributed by atoms with Gasteiger partial charge in [0.2, 0.25) is 5.91 Å². The Hall–Kier alpha value is -1.64. The molecule has 0 aromatic heterocycles. The molecule has 1 atom stereocenters. The summed E-state index contributed by atoms with van der Waals surface area (Å²) < 4.78 is 32.4. The van der Waals surface area contributed by atoms with E-state index in [1.54, 1.807) is 12.0 Å². The molecule has 128 valence electrons. The highest BCUT2D eigenvalue weighted by molar-refractivity contribution is 7.87. The summed E-state index contributed by atoms with van der Waals surface area (Å²) in [6.07, 6.45) is 0.929. The average molecular weight is 341 g/mol. The fraction of sp³-hybridized carbons (Fsp3) is 0.533. The molecular formula is C15H23N3O4S. The fourth-order valence-electron chi connectivity index (χ4n) is 2.44. The van der Waals surface area contributed by atoms with Crippen LogP contribution in [0.3, 0.4) is 0 Å². The smallest absolute Gasteiger partial charge is 0.279 e. The topological polar surface area (TPSA) is 79.0 Å². The predicted molar refractivity (Wildman–Crippen MR) is 87.4 cm³/mol. The first kappa shape index (κ1) is 17.7. The van der Waals surface area contributed by atoms with Crippen LogP contribution in [0.1, 0.15) is 12.0 Å². The SMILES string of the molecule is COc1ccc(CCN2CC(NS(=O)(=O)N(C)C)CC2=O)cc1. The lowest BCUT2D eigenvalue weighted by Gasteiger charge is -2.19. The number of nitrogens with zero attached hydrogens (tertiary/aromatic N) is 2. The van der Waals surface area contributed by atoms with Gasteiger partial charge in [-0.2, -0.15) is 17.4 Å². The maximum atomic E-state index is 12.0. The van der Waals surface area contributed by atoms with Crippen LogP contribution >= 0.6 is 0 Å². The van der Waals surface area contributed by atoms with E-state index in [-0.39, 0.29) is 18.4 Å². The highest BCUT2D eigenvalue weighted by atomic mass is 32.2. The molecule has 1 saturated heterocycles. The van der Waals surface area contributed by atoms with E-state index in [1.807, 2.05) is 24.3 Å². The van der Waals surface area contributed by atoms with Gasteiger partial charge in [-0.15, -0.1) is 0 Å². The first-order chi connectivity index (χ1) is 10.8. The lowest BCUT2D eigenvalue weighted by atomic mass is 10.1. The Labute approximate surface area is 137 Å². The molecule has 0 saturated carbocycles. The number of ether oxygens (including phenoxy) is 1. The van der Waals surface area contributed by atoms with E-state index in [0.29, 0.717) is 13.1 Å². The van der Waals surface area contributed by atoms with Gasteiger partial charge in [0.25, 0.3) is 10.2 Å². The molecule has 0 bridgehead atoms. The predicted octanol–water partition coefficient (Wildman–Crippen LogP) is 0.235. The molecular weight excluding hydrogens is 318 g/mol. The van der Waals surface area contributed by atoms with Crippen molar-refractivity contribution in [1.82, 2.24) is 13.9 Å². The van der Waals surface area contributed by atoms with Gasteiger partial charge in [-0.1, -0.05) is 12.1 Å². The number of nitrogens with one attached hydrogen (secondary N) is 1. The standard InChI is InChI=1S/C15H23N3O4S/c1-17(2)23(20,21)16-13-10-15(19)18(11-13)9-8-12-4-6-14(22-3)7-5-12/h4-7,13,16H,8-11H2,1-3H3. The maximum absolute atomic E-state index is 12.0. The third kappa shape index (κ3) is 4.66. The zero-order valence-electron chi connectivity index (χ0n) is 13.7. The molecule has 1 aromatic rings. The van der Waals surface area contributed by atoms with E-state index in [9.17, 15) is 13.2 Å². The third-order valence-corrected chi connectivity index (χ3v) is 5.43. The molecule has 1 aliphatic heterocycles. The van der Waals surface area contributed by atoms with Crippen LogP contribution in [0.25, 0.3) is 0 Å². The lowest BCUT2D eigenvalue weighted by molar-refractivity contribution is -0.127. The number of benzene rings is 1. The Balaban J connectivity index is 1.88. The van der Waals surface area contributed by atoms with Crippen LogP contribution in [-0.4, -0.2) is 63.9 Å². The molecule has 0 radical (unpaired) electrons. The summed E-state index contributed by atoms with van der Waals surface area (Å²) in [5, 5.41) is 0. The Morgan fingerprint density at radius 2 is 1.96 bits per heavy atom. The molecule has 0 spiro atoms. The van der Waals surface area contributed by atoms with Gasteiger partial charge in [-0.25, -0.2) is 0 Å². The second-order valence-corrected chi connectivity index (χ2v) is 7.66. The van der Waals surface area contributed by atoms with Crippen molar-refractivity contribution in [1.29, 1.82) is 0 Å². The van der Waals surface area contributed by atoms with Crippen LogP contribution in [0, 0.1) is 0 Å². The van der Waals surface area contributed by atoms with Crippen molar-refractivity contribution in [2.75, 3.05) is 34.3 Å². The molecule has 8 heteroatoms. The molecule has 1 unspecified atom stereocenters. The van der Waals surface area contributed by atoms with Crippen LogP contribution in [0.4, 0.5) is 0 Å². The van der Waals surface area contributed by atoms with Gasteiger partial charge in [0.15, 0.2) is 0 Å². The summed E-state index contributed by atoms with van der Waals surface area (Å²) in [5.41, 5.74) is 1.11. The average Bonchev–Trinajstić information content (AvgIpc) is 2.84. The Morgan fingerprint density at radius 1 is 1.30 bits per heavy atom. The molecule has 1 aromatic carbocycles. The molecule has 7 nitrogen and oxygen atoms in total. The largest absolute Gasteiger partial charge is 0.497 e. The second kappa shape index (κ2) is 7.29. The van der Waals surface area contributed by atoms with Crippen molar-refractivity contribution in [3.8, 4) is 5.75 Å². The first-order valence-corrected chi connectivity index (χ1v) is 8.86. The second-order valence-electron chi connectivity index (χ2n) is 5.74. The van der Waals surface area contributed by atoms with E-state index < -0.39 is 10.2 Å². The van der Waals surface area contributed by atoms with Crippen molar-refractivity contribution in [2.45, 2.75) is 18.9 Å². The fourth-order valence-corrected chi connectivity index (χ4v) is 3.23. The van der Waals surface area contributed by atoms with Crippen LogP contribution in [-0.2, 0) is 21.4 Å². The van der Waals surface area contributed by atoms with Gasteiger partial charge in [-0.3, -0.25) is 4.79 Å². The van der Waals surface area contributed by atoms with Crippen molar-refractivity contribution < 1.29 is 17.9 Å². The minimum absolute atomic E-state index is 0.0232. The number of methoxy groups -OCH3 is 1. The Morgan fingerprint density at radius 3 is 2.52 bits per heavy atom. The quantitative estimate of drug-likeness (QED) is 0.770. The van der Waals surface area contributed by atoms with Gasteiger partial charge >= 0.3 is 0 Å². The Bertz CT molecular complexity index is 643. The molecule has 1 fully saturated rings. The minimum atomic E-state index is -3.51. The minimum Gasteiger partial charge on any atom is -0.497 e. The number of carbonyl (C=O) groups excluding carboxylic acids is 1. The summed E-state index contributed by atoms with van der Waals surface area (Å²) in [6, 6.07) is 7.33. The van der Waals surface area contributed by atoms with Gasteiger partial charge in [0.1, 0.15) is 5.75 Å². The number of likely N-dealkylation sites (tertiary alicyclic amines) is 1. The summed E-state index contributed by atoms with van der Waals surface area (Å²) in [5.74, 6) is 0.772. The van der Waals surface area contributed by atoms with E-state index >= 15 is 0 Å². The highest BCUT2D eigenvalue weighted by Crippen LogP contribution is 2.15. The van der Waals surface area contributed by atoms with Crippen LogP contribution < -0.4 is 9.46 Å². The van der Waals surface area contributed by atoms with E-state index in [1.165, 1.54) is 14.1 Å². The molecule has 0 aliphatic carbocycles. The monoisotopic (exact) mass is 341 g/mol. The summed E-state index contributed by atoms with van der Waals surface area (Å²) in [6.45, 7) is 0.980. The van der Waals surface area contributed by atoms with E-state index in [2.05, 4.69) is 4.72 Å². The molecule has 2 rings (SSSR count). The maximum Gasteiger partial charge on any atom is 0.279 e. The van der Waals surface area contributed by atoms with Crippen LogP contribution in [0.15, 0.2) is 24.3 Å². The van der Waals surface area contributed by atoms with Crippen molar-refractivity contribution in [3.63, 3.8) is 0 Å². The summed E-state index contributed by atoms with van der Waals surface area (Å²) >= 11 is 0. The summed E-state index contributed by atoms with van der Waals surface area (Å²) in [7, 11) is 1.02. The number of hydrogen-bond acceptors (Lipinski definition) is 4. The zero-order valence-corrected chi connectivity index (χ0v) is 14.5. The van der Waals surface area contributed by atoms with Gasteiger partial charge in [-0.05, 0) is 24.1 Å². The van der Waals surface area contributed by atoms with Crippen molar-refractivity contribution in [2.24, 2.45) is 0 Å². The van der Waals surface area contributed by atoms with Gasteiger partial charge in [0.05, 0.1) is 7.11 Å². The normalized spacial score (nSPS) is 18.7. The van der Waals surface area contributed by atoms with Crippen molar-refractivity contribution in [3.05, 3.63) is 29.8 Å². The number of hydrogen-bond donors (Lipinski definition) is 1. The van der Waals surface area contributed by atoms with E-state index in [4.69, 9.17) is 4.74 Å². The third-order valence-electron chi connectivity index (χ3n) is 3.84. The number of amides is 1. The highest BCUT2D eigenvalue weighted by Gasteiger charge is 2.32. The molecule has 23 heavy (non-hydrogen) atoms. The number of rotatable bonds is 7. The molecule has 1 heterocycles. The number of carbonyl (C=O) groups is 1. The lowest BCUT2D eigenvalue weighted by Crippen LogP contribution is -2.43. The van der Waals surface area contributed by atoms with Crippen LogP contribution in [0.2, 0.25) is 0 Å². The van der Waals surface area contributed by atoms with Gasteiger partial charge < -0.3 is 9.64 Å². The summed E-state index contributed by atoms with van der Waals surface area (Å²) in [4.78, 5) is 13.7. The van der Waals surface area contributed by atoms with E-state index in [0.717, 1.165) is 22.0 Å². The molecule has 1 N–H and O–H groups in total. The molecule has 1 amide bonds. The zero-order chi connectivity index (χ0) is 17.0. The molecule has 1 aliphatic rings.